The van der Waals surface area contributed by atoms with Gasteiger partial charge in [-0.3, -0.25) is 15.1 Å². The Hall–Kier alpha value is -2.47. The summed E-state index contributed by atoms with van der Waals surface area (Å²) in [6.45, 7) is 5.39. The van der Waals surface area contributed by atoms with Crippen molar-refractivity contribution in [2.75, 3.05) is 0 Å². The average Bonchev–Trinajstić information content (AvgIpc) is 2.42. The Balaban J connectivity index is 2.30. The maximum absolute atomic E-state index is 11.0. The Morgan fingerprint density at radius 2 is 2.00 bits per heavy atom. The molecule has 0 fully saturated rings. The van der Waals surface area contributed by atoms with E-state index in [4.69, 9.17) is 10.5 Å². The van der Waals surface area contributed by atoms with E-state index in [0.717, 1.165) is 11.3 Å². The summed E-state index contributed by atoms with van der Waals surface area (Å²) in [5, 5.41) is 11.0. The molecule has 6 nitrogen and oxygen atoms in total. The fourth-order valence-electron chi connectivity index (χ4n) is 1.98. The summed E-state index contributed by atoms with van der Waals surface area (Å²) < 4.78 is 5.68. The van der Waals surface area contributed by atoms with Gasteiger partial charge >= 0.3 is 0 Å². The second-order valence-electron chi connectivity index (χ2n) is 4.97. The van der Waals surface area contributed by atoms with Gasteiger partial charge in [-0.05, 0) is 44.5 Å². The zero-order chi connectivity index (χ0) is 15.6. The van der Waals surface area contributed by atoms with E-state index in [1.807, 2.05) is 13.8 Å². The normalized spacial score (nSPS) is 12.0. The summed E-state index contributed by atoms with van der Waals surface area (Å²) in [4.78, 5) is 14.8. The molecule has 1 aromatic heterocycles. The first kappa shape index (κ1) is 14.9. The largest absolute Gasteiger partial charge is 0.455 e. The van der Waals surface area contributed by atoms with Crippen LogP contribution in [0.4, 0.5) is 5.69 Å². The topological polar surface area (TPSA) is 91.3 Å². The number of aryl methyl sites for hydroxylation is 2. The van der Waals surface area contributed by atoms with E-state index in [-0.39, 0.29) is 11.7 Å². The van der Waals surface area contributed by atoms with Crippen LogP contribution in [-0.4, -0.2) is 9.91 Å². The molecule has 2 aromatic rings. The number of benzene rings is 1. The lowest BCUT2D eigenvalue weighted by Crippen LogP contribution is -2.06. The molecule has 2 N–H and O–H groups in total. The molecule has 0 bridgehead atoms. The SMILES string of the molecule is Cc1cc(C)c([N+](=O)[O-])cc1Oc1ccc(C(C)N)nc1. The first-order chi connectivity index (χ1) is 9.88. The quantitative estimate of drug-likeness (QED) is 0.687. The number of nitrogens with two attached hydrogens (primary N) is 1. The van der Waals surface area contributed by atoms with Gasteiger partial charge < -0.3 is 10.5 Å². The van der Waals surface area contributed by atoms with Gasteiger partial charge in [-0.1, -0.05) is 0 Å². The van der Waals surface area contributed by atoms with Crippen LogP contribution in [0.15, 0.2) is 30.5 Å². The second-order valence-corrected chi connectivity index (χ2v) is 4.97. The molecule has 0 aliphatic heterocycles. The minimum absolute atomic E-state index is 0.0377. The predicted octanol–water partition coefficient (Wildman–Crippen LogP) is 3.42. The van der Waals surface area contributed by atoms with Crippen LogP contribution in [0.1, 0.15) is 29.8 Å². The van der Waals surface area contributed by atoms with E-state index in [1.165, 1.54) is 6.07 Å². The summed E-state index contributed by atoms with van der Waals surface area (Å²) in [6.07, 6.45) is 1.56. The summed E-state index contributed by atoms with van der Waals surface area (Å²) in [5.41, 5.74) is 7.96. The maximum atomic E-state index is 11.0. The van der Waals surface area contributed by atoms with Gasteiger partial charge in [0.1, 0.15) is 11.5 Å². The van der Waals surface area contributed by atoms with Crippen molar-refractivity contribution < 1.29 is 9.66 Å². The molecule has 0 saturated carbocycles. The van der Waals surface area contributed by atoms with E-state index in [2.05, 4.69) is 4.98 Å². The van der Waals surface area contributed by atoms with Crippen molar-refractivity contribution in [1.29, 1.82) is 0 Å². The lowest BCUT2D eigenvalue weighted by molar-refractivity contribution is -0.385. The number of hydrogen-bond donors (Lipinski definition) is 1. The summed E-state index contributed by atoms with van der Waals surface area (Å²) >= 11 is 0. The Morgan fingerprint density at radius 1 is 1.29 bits per heavy atom. The Morgan fingerprint density at radius 3 is 2.52 bits per heavy atom. The minimum atomic E-state index is -0.418. The first-order valence-electron chi connectivity index (χ1n) is 6.53. The number of nitro groups is 1. The van der Waals surface area contributed by atoms with Crippen molar-refractivity contribution in [2.45, 2.75) is 26.8 Å². The Bertz CT molecular complexity index is 667. The minimum Gasteiger partial charge on any atom is -0.455 e. The fourth-order valence-corrected chi connectivity index (χ4v) is 1.98. The molecule has 2 rings (SSSR count). The smallest absolute Gasteiger partial charge is 0.276 e. The zero-order valence-corrected chi connectivity index (χ0v) is 12.2. The number of aromatic nitrogens is 1. The van der Waals surface area contributed by atoms with Crippen LogP contribution < -0.4 is 10.5 Å². The molecule has 0 aliphatic rings. The van der Waals surface area contributed by atoms with Gasteiger partial charge in [0.15, 0.2) is 0 Å². The number of rotatable bonds is 4. The molecule has 21 heavy (non-hydrogen) atoms. The van der Waals surface area contributed by atoms with Crippen molar-refractivity contribution >= 4 is 5.69 Å². The standard InChI is InChI=1S/C15H17N3O3/c1-9-6-10(2)15(7-14(9)18(19)20)21-12-4-5-13(11(3)16)17-8-12/h4-8,11H,16H2,1-3H3. The van der Waals surface area contributed by atoms with Crippen LogP contribution >= 0.6 is 0 Å². The van der Waals surface area contributed by atoms with Crippen LogP contribution in [0, 0.1) is 24.0 Å². The molecular weight excluding hydrogens is 270 g/mol. The molecule has 0 saturated heterocycles. The van der Waals surface area contributed by atoms with E-state index in [0.29, 0.717) is 17.1 Å². The maximum Gasteiger partial charge on any atom is 0.276 e. The highest BCUT2D eigenvalue weighted by Gasteiger charge is 2.15. The monoisotopic (exact) mass is 287 g/mol. The molecule has 0 aliphatic carbocycles. The van der Waals surface area contributed by atoms with Gasteiger partial charge in [0.05, 0.1) is 22.9 Å². The molecule has 1 unspecified atom stereocenters. The summed E-state index contributed by atoms with van der Waals surface area (Å²) in [7, 11) is 0. The van der Waals surface area contributed by atoms with Gasteiger partial charge in [0.2, 0.25) is 0 Å². The average molecular weight is 287 g/mol. The molecule has 6 heteroatoms. The molecule has 1 aromatic carbocycles. The van der Waals surface area contributed by atoms with Crippen molar-refractivity contribution in [1.82, 2.24) is 4.98 Å². The van der Waals surface area contributed by atoms with Crippen LogP contribution in [0.2, 0.25) is 0 Å². The number of hydrogen-bond acceptors (Lipinski definition) is 5. The third-order valence-corrected chi connectivity index (χ3v) is 3.14. The second kappa shape index (κ2) is 5.88. The van der Waals surface area contributed by atoms with Crippen molar-refractivity contribution in [2.24, 2.45) is 5.73 Å². The number of ether oxygens (including phenoxy) is 1. The van der Waals surface area contributed by atoms with Gasteiger partial charge in [0, 0.05) is 11.6 Å². The molecule has 0 amide bonds. The highest BCUT2D eigenvalue weighted by Crippen LogP contribution is 2.31. The van der Waals surface area contributed by atoms with Crippen LogP contribution in [0.25, 0.3) is 0 Å². The van der Waals surface area contributed by atoms with E-state index in [9.17, 15) is 10.1 Å². The zero-order valence-electron chi connectivity index (χ0n) is 12.2. The highest BCUT2D eigenvalue weighted by molar-refractivity contribution is 5.50. The van der Waals surface area contributed by atoms with Crippen LogP contribution in [0.3, 0.4) is 0 Å². The fraction of sp³-hybridized carbons (Fsp3) is 0.267. The summed E-state index contributed by atoms with van der Waals surface area (Å²) in [6, 6.07) is 6.54. The van der Waals surface area contributed by atoms with Gasteiger partial charge in [-0.2, -0.15) is 0 Å². The lowest BCUT2D eigenvalue weighted by Gasteiger charge is -2.10. The van der Waals surface area contributed by atoms with Gasteiger partial charge in [-0.25, -0.2) is 0 Å². The van der Waals surface area contributed by atoms with Crippen molar-refractivity contribution in [3.63, 3.8) is 0 Å². The highest BCUT2D eigenvalue weighted by atomic mass is 16.6. The van der Waals surface area contributed by atoms with Crippen LogP contribution in [-0.2, 0) is 0 Å². The molecular formula is C15H17N3O3. The van der Waals surface area contributed by atoms with E-state index >= 15 is 0 Å². The lowest BCUT2D eigenvalue weighted by atomic mass is 10.1. The first-order valence-corrected chi connectivity index (χ1v) is 6.53. The van der Waals surface area contributed by atoms with Crippen molar-refractivity contribution in [3.8, 4) is 11.5 Å². The van der Waals surface area contributed by atoms with Gasteiger partial charge in [0.25, 0.3) is 5.69 Å². The predicted molar refractivity (Wildman–Crippen MR) is 79.5 cm³/mol. The van der Waals surface area contributed by atoms with E-state index in [1.54, 1.807) is 31.3 Å². The molecule has 1 heterocycles. The summed E-state index contributed by atoms with van der Waals surface area (Å²) in [5.74, 6) is 0.961. The number of nitrogens with zero attached hydrogens (tertiary/aromatic N) is 2. The molecule has 1 atom stereocenters. The Labute approximate surface area is 122 Å². The molecule has 110 valence electrons. The third kappa shape index (κ3) is 3.35. The van der Waals surface area contributed by atoms with Crippen LogP contribution in [0.5, 0.6) is 11.5 Å². The third-order valence-electron chi connectivity index (χ3n) is 3.14. The number of pyridine rings is 1. The number of nitro benzene ring substituents is 1. The van der Waals surface area contributed by atoms with Crippen molar-refractivity contribution in [3.05, 3.63) is 57.4 Å². The molecule has 0 radical (unpaired) electrons. The van der Waals surface area contributed by atoms with Gasteiger partial charge in [-0.15, -0.1) is 0 Å². The molecule has 0 spiro atoms. The van der Waals surface area contributed by atoms with E-state index < -0.39 is 4.92 Å². The Kier molecular flexibility index (Phi) is 4.18.